The van der Waals surface area contributed by atoms with E-state index in [0.29, 0.717) is 30.8 Å². The SMILES string of the molecule is Cc1cc2c(c(C)c1OCCCOc1c(C)cc3c(c1C)N=C[C@@H]1CCCN1C3=O)N=C[C@@H]1CCCN1C2=O. The van der Waals surface area contributed by atoms with E-state index in [0.717, 1.165) is 83.9 Å². The van der Waals surface area contributed by atoms with Crippen LogP contribution in [0.4, 0.5) is 11.4 Å². The number of hydrogen-bond donors (Lipinski definition) is 0. The standard InChI is InChI=1S/C31H36N4O4/c1-18-14-24-26(32-16-22-8-5-10-34(22)30(24)36)20(3)28(18)38-12-7-13-39-29-19(2)15-25-27(21(29)4)33-17-23-9-6-11-35(23)31(25)37/h14-17,22-23H,5-13H2,1-4H3/t22-,23-/m0/s1. The van der Waals surface area contributed by atoms with Gasteiger partial charge in [0.25, 0.3) is 11.8 Å². The number of carbonyl (C=O) groups is 2. The molecule has 2 saturated heterocycles. The Balaban J connectivity index is 1.12. The first kappa shape index (κ1) is 25.6. The van der Waals surface area contributed by atoms with Crippen LogP contribution in [-0.2, 0) is 0 Å². The number of benzene rings is 2. The van der Waals surface area contributed by atoms with Crippen LogP contribution < -0.4 is 9.47 Å². The second-order valence-electron chi connectivity index (χ2n) is 11.1. The van der Waals surface area contributed by atoms with E-state index < -0.39 is 0 Å². The van der Waals surface area contributed by atoms with Crippen molar-refractivity contribution in [3.63, 3.8) is 0 Å². The van der Waals surface area contributed by atoms with Gasteiger partial charge in [0.2, 0.25) is 0 Å². The van der Waals surface area contributed by atoms with Gasteiger partial charge >= 0.3 is 0 Å². The van der Waals surface area contributed by atoms with Crippen LogP contribution in [-0.4, -0.2) is 72.4 Å². The number of fused-ring (bicyclic) bond motifs is 4. The Hall–Kier alpha value is -3.68. The van der Waals surface area contributed by atoms with Gasteiger partial charge in [0.05, 0.1) is 47.8 Å². The van der Waals surface area contributed by atoms with Gasteiger partial charge < -0.3 is 19.3 Å². The molecule has 0 N–H and O–H groups in total. The number of nitrogens with zero attached hydrogens (tertiary/aromatic N) is 4. The van der Waals surface area contributed by atoms with Gasteiger partial charge in [-0.2, -0.15) is 0 Å². The molecule has 8 nitrogen and oxygen atoms in total. The highest BCUT2D eigenvalue weighted by Gasteiger charge is 2.34. The van der Waals surface area contributed by atoms with Crippen LogP contribution in [0, 0.1) is 27.7 Å². The lowest BCUT2D eigenvalue weighted by atomic mass is 10.0. The normalized spacial score (nSPS) is 21.3. The van der Waals surface area contributed by atoms with Crippen molar-refractivity contribution < 1.29 is 19.1 Å². The molecule has 0 aliphatic carbocycles. The average Bonchev–Trinajstić information content (AvgIpc) is 3.54. The quantitative estimate of drug-likeness (QED) is 0.470. The molecule has 0 saturated carbocycles. The second kappa shape index (κ2) is 10.1. The van der Waals surface area contributed by atoms with Crippen LogP contribution in [0.1, 0.15) is 75.1 Å². The van der Waals surface area contributed by atoms with E-state index in [-0.39, 0.29) is 23.9 Å². The van der Waals surface area contributed by atoms with Gasteiger partial charge in [0.1, 0.15) is 11.5 Å². The minimum atomic E-state index is 0.0640. The molecule has 6 rings (SSSR count). The average molecular weight is 529 g/mol. The highest BCUT2D eigenvalue weighted by atomic mass is 16.5. The molecule has 0 bridgehead atoms. The molecule has 204 valence electrons. The van der Waals surface area contributed by atoms with E-state index >= 15 is 0 Å². The van der Waals surface area contributed by atoms with Crippen molar-refractivity contribution >= 4 is 35.6 Å². The number of hydrogen-bond acceptors (Lipinski definition) is 6. The maximum atomic E-state index is 13.2. The van der Waals surface area contributed by atoms with E-state index in [4.69, 9.17) is 19.5 Å². The van der Waals surface area contributed by atoms with Gasteiger partial charge in [-0.05, 0) is 76.6 Å². The molecule has 4 aliphatic rings. The van der Waals surface area contributed by atoms with Gasteiger partial charge in [-0.15, -0.1) is 0 Å². The van der Waals surface area contributed by atoms with Gasteiger partial charge in [0.15, 0.2) is 0 Å². The lowest BCUT2D eigenvalue weighted by molar-refractivity contribution is 0.0767. The van der Waals surface area contributed by atoms with Crippen molar-refractivity contribution in [2.45, 2.75) is 71.9 Å². The molecule has 0 radical (unpaired) electrons. The third kappa shape index (κ3) is 4.39. The molecule has 2 fully saturated rings. The zero-order valence-electron chi connectivity index (χ0n) is 23.2. The molecule has 0 unspecified atom stereocenters. The van der Waals surface area contributed by atoms with E-state index in [1.807, 2.05) is 62.1 Å². The maximum Gasteiger partial charge on any atom is 0.256 e. The molecule has 39 heavy (non-hydrogen) atoms. The molecular weight excluding hydrogens is 492 g/mol. The Morgan fingerprint density at radius 1 is 0.744 bits per heavy atom. The Bertz CT molecular complexity index is 1310. The molecule has 2 aromatic carbocycles. The molecule has 4 heterocycles. The van der Waals surface area contributed by atoms with Crippen molar-refractivity contribution in [2.24, 2.45) is 9.98 Å². The lowest BCUT2D eigenvalue weighted by Crippen LogP contribution is -2.35. The third-order valence-electron chi connectivity index (χ3n) is 8.45. The van der Waals surface area contributed by atoms with Crippen molar-refractivity contribution in [3.8, 4) is 11.5 Å². The predicted molar refractivity (Wildman–Crippen MR) is 152 cm³/mol. The second-order valence-corrected chi connectivity index (χ2v) is 11.1. The highest BCUT2D eigenvalue weighted by molar-refractivity contribution is 6.05. The number of ether oxygens (including phenoxy) is 2. The maximum absolute atomic E-state index is 13.2. The minimum absolute atomic E-state index is 0.0640. The van der Waals surface area contributed by atoms with E-state index in [9.17, 15) is 9.59 Å². The fourth-order valence-electron chi connectivity index (χ4n) is 6.45. The molecule has 2 aromatic rings. The smallest absolute Gasteiger partial charge is 0.256 e. The summed E-state index contributed by atoms with van der Waals surface area (Å²) in [6.07, 6.45) is 8.50. The monoisotopic (exact) mass is 528 g/mol. The highest BCUT2D eigenvalue weighted by Crippen LogP contribution is 2.40. The number of rotatable bonds is 6. The lowest BCUT2D eigenvalue weighted by Gasteiger charge is -2.21. The molecular formula is C31H36N4O4. The first-order valence-electron chi connectivity index (χ1n) is 14.1. The summed E-state index contributed by atoms with van der Waals surface area (Å²) in [7, 11) is 0. The summed E-state index contributed by atoms with van der Waals surface area (Å²) in [5.74, 6) is 1.70. The number of aryl methyl sites for hydroxylation is 2. The topological polar surface area (TPSA) is 83.8 Å². The molecule has 4 aliphatic heterocycles. The van der Waals surface area contributed by atoms with Crippen molar-refractivity contribution in [3.05, 3.63) is 45.5 Å². The van der Waals surface area contributed by atoms with Gasteiger partial charge in [-0.1, -0.05) is 0 Å². The predicted octanol–water partition coefficient (Wildman–Crippen LogP) is 5.41. The van der Waals surface area contributed by atoms with Crippen LogP contribution >= 0.6 is 0 Å². The fourth-order valence-corrected chi connectivity index (χ4v) is 6.45. The van der Waals surface area contributed by atoms with Crippen LogP contribution in [0.2, 0.25) is 0 Å². The Morgan fingerprint density at radius 2 is 1.18 bits per heavy atom. The summed E-state index contributed by atoms with van der Waals surface area (Å²) in [6.45, 7) is 10.5. The minimum Gasteiger partial charge on any atom is -0.493 e. The summed E-state index contributed by atoms with van der Waals surface area (Å²) in [5.41, 5.74) is 6.45. The molecule has 8 heteroatoms. The molecule has 2 amide bonds. The summed E-state index contributed by atoms with van der Waals surface area (Å²) < 4.78 is 12.4. The molecule has 0 spiro atoms. The van der Waals surface area contributed by atoms with Crippen molar-refractivity contribution in [2.75, 3.05) is 26.3 Å². The summed E-state index contributed by atoms with van der Waals surface area (Å²) >= 11 is 0. The third-order valence-corrected chi connectivity index (χ3v) is 8.45. The Labute approximate surface area is 229 Å². The summed E-state index contributed by atoms with van der Waals surface area (Å²) in [5, 5.41) is 0. The zero-order chi connectivity index (χ0) is 27.3. The van der Waals surface area contributed by atoms with Gasteiger partial charge in [0, 0.05) is 43.1 Å². The van der Waals surface area contributed by atoms with Crippen LogP contribution in [0.3, 0.4) is 0 Å². The number of amides is 2. The van der Waals surface area contributed by atoms with E-state index in [2.05, 4.69) is 0 Å². The van der Waals surface area contributed by atoms with Crippen LogP contribution in [0.15, 0.2) is 22.1 Å². The Kier molecular flexibility index (Phi) is 6.65. The van der Waals surface area contributed by atoms with Gasteiger partial charge in [-0.3, -0.25) is 19.6 Å². The molecule has 2 atom stereocenters. The number of carbonyl (C=O) groups excluding carboxylic acids is 2. The van der Waals surface area contributed by atoms with Crippen LogP contribution in [0.5, 0.6) is 11.5 Å². The van der Waals surface area contributed by atoms with Crippen molar-refractivity contribution in [1.82, 2.24) is 9.80 Å². The van der Waals surface area contributed by atoms with Gasteiger partial charge in [-0.25, -0.2) is 0 Å². The van der Waals surface area contributed by atoms with Crippen LogP contribution in [0.25, 0.3) is 0 Å². The summed E-state index contributed by atoms with van der Waals surface area (Å²) in [6, 6.07) is 4.02. The Morgan fingerprint density at radius 3 is 1.62 bits per heavy atom. The number of aliphatic imine (C=N–C) groups is 2. The largest absolute Gasteiger partial charge is 0.493 e. The summed E-state index contributed by atoms with van der Waals surface area (Å²) in [4.78, 5) is 39.6. The fraction of sp³-hybridized carbons (Fsp3) is 0.484. The zero-order valence-corrected chi connectivity index (χ0v) is 23.2. The van der Waals surface area contributed by atoms with E-state index in [1.165, 1.54) is 0 Å². The molecule has 0 aromatic heterocycles. The van der Waals surface area contributed by atoms with E-state index in [1.54, 1.807) is 0 Å². The van der Waals surface area contributed by atoms with Crippen molar-refractivity contribution in [1.29, 1.82) is 0 Å². The first-order chi connectivity index (χ1) is 18.8. The first-order valence-corrected chi connectivity index (χ1v) is 14.1.